The van der Waals surface area contributed by atoms with Crippen LogP contribution in [0.5, 0.6) is 0 Å². The maximum absolute atomic E-state index is 5.55. The van der Waals surface area contributed by atoms with Gasteiger partial charge in [-0.25, -0.2) is 0 Å². The molecule has 0 aromatic carbocycles. The third kappa shape index (κ3) is 2.96. The first-order valence-corrected chi connectivity index (χ1v) is 7.23. The van der Waals surface area contributed by atoms with E-state index < -0.39 is 0 Å². The summed E-state index contributed by atoms with van der Waals surface area (Å²) in [6.07, 6.45) is 9.22. The van der Waals surface area contributed by atoms with Gasteiger partial charge in [-0.05, 0) is 30.9 Å². The fourth-order valence-corrected chi connectivity index (χ4v) is 2.80. The van der Waals surface area contributed by atoms with E-state index in [0.717, 1.165) is 48.5 Å². The average Bonchev–Trinajstić information content (AvgIpc) is 3.03. The number of anilines is 1. The van der Waals surface area contributed by atoms with Crippen molar-refractivity contribution < 1.29 is 0 Å². The van der Waals surface area contributed by atoms with E-state index in [1.165, 1.54) is 16.9 Å². The third-order valence-electron chi connectivity index (χ3n) is 3.12. The number of rotatable bonds is 5. The van der Waals surface area contributed by atoms with Crippen molar-refractivity contribution in [2.75, 3.05) is 5.73 Å². The maximum Gasteiger partial charge on any atom is 0.203 e. The zero-order valence-corrected chi connectivity index (χ0v) is 11.4. The van der Waals surface area contributed by atoms with Crippen molar-refractivity contribution in [3.8, 4) is 0 Å². The summed E-state index contributed by atoms with van der Waals surface area (Å²) >= 11 is 1.47. The Labute approximate surface area is 115 Å². The van der Waals surface area contributed by atoms with Crippen molar-refractivity contribution in [2.45, 2.75) is 32.1 Å². The SMILES string of the molecule is Nc1nnc(CCCCc2cc3c(nn2)CC=C3)s1. The number of aryl methyl sites for hydroxylation is 2. The van der Waals surface area contributed by atoms with E-state index in [1.54, 1.807) is 0 Å². The predicted octanol–water partition coefficient (Wildman–Crippen LogP) is 2.04. The van der Waals surface area contributed by atoms with Gasteiger partial charge in [0.25, 0.3) is 0 Å². The molecule has 0 unspecified atom stereocenters. The van der Waals surface area contributed by atoms with Gasteiger partial charge in [0, 0.05) is 12.8 Å². The molecule has 2 heterocycles. The number of fused-ring (bicyclic) bond motifs is 1. The van der Waals surface area contributed by atoms with E-state index in [9.17, 15) is 0 Å². The molecule has 6 heteroatoms. The Kier molecular flexibility index (Phi) is 3.50. The van der Waals surface area contributed by atoms with Gasteiger partial charge in [0.15, 0.2) is 0 Å². The molecule has 0 radical (unpaired) electrons. The molecule has 98 valence electrons. The number of hydrogen-bond acceptors (Lipinski definition) is 6. The van der Waals surface area contributed by atoms with Crippen molar-refractivity contribution >= 4 is 22.5 Å². The van der Waals surface area contributed by atoms with Crippen LogP contribution in [-0.4, -0.2) is 20.4 Å². The summed E-state index contributed by atoms with van der Waals surface area (Å²) in [5.74, 6) is 0. The van der Waals surface area contributed by atoms with Gasteiger partial charge in [-0.1, -0.05) is 23.5 Å². The Morgan fingerprint density at radius 1 is 1.11 bits per heavy atom. The number of nitrogens with zero attached hydrogens (tertiary/aromatic N) is 4. The molecule has 1 aliphatic rings. The molecule has 2 aromatic heterocycles. The minimum atomic E-state index is 0.547. The zero-order valence-electron chi connectivity index (χ0n) is 10.5. The number of hydrogen-bond donors (Lipinski definition) is 1. The third-order valence-corrected chi connectivity index (χ3v) is 3.93. The first kappa shape index (κ1) is 12.2. The first-order chi connectivity index (χ1) is 9.31. The van der Waals surface area contributed by atoms with Gasteiger partial charge in [-0.2, -0.15) is 10.2 Å². The summed E-state index contributed by atoms with van der Waals surface area (Å²) in [5, 5.41) is 17.9. The van der Waals surface area contributed by atoms with Gasteiger partial charge >= 0.3 is 0 Å². The summed E-state index contributed by atoms with van der Waals surface area (Å²) in [7, 11) is 0. The zero-order chi connectivity index (χ0) is 13.1. The molecule has 0 atom stereocenters. The number of allylic oxidation sites excluding steroid dienone is 1. The van der Waals surface area contributed by atoms with Crippen LogP contribution < -0.4 is 5.73 Å². The van der Waals surface area contributed by atoms with Crippen molar-refractivity contribution in [3.63, 3.8) is 0 Å². The van der Waals surface area contributed by atoms with E-state index in [1.807, 2.05) is 0 Å². The fourth-order valence-electron chi connectivity index (χ4n) is 2.15. The summed E-state index contributed by atoms with van der Waals surface area (Å²) < 4.78 is 0. The fraction of sp³-hybridized carbons (Fsp3) is 0.385. The molecular formula is C13H15N5S. The minimum Gasteiger partial charge on any atom is -0.374 e. The summed E-state index contributed by atoms with van der Waals surface area (Å²) in [6.45, 7) is 0. The molecule has 19 heavy (non-hydrogen) atoms. The van der Waals surface area contributed by atoms with Gasteiger partial charge in [-0.3, -0.25) is 0 Å². The Hall–Kier alpha value is -1.82. The van der Waals surface area contributed by atoms with Crippen LogP contribution in [0.2, 0.25) is 0 Å². The lowest BCUT2D eigenvalue weighted by Gasteiger charge is -2.02. The van der Waals surface area contributed by atoms with Crippen LogP contribution in [0.3, 0.4) is 0 Å². The van der Waals surface area contributed by atoms with E-state index in [0.29, 0.717) is 5.13 Å². The maximum atomic E-state index is 5.55. The van der Waals surface area contributed by atoms with Crippen LogP contribution in [-0.2, 0) is 19.3 Å². The Morgan fingerprint density at radius 3 is 2.84 bits per heavy atom. The van der Waals surface area contributed by atoms with E-state index >= 15 is 0 Å². The van der Waals surface area contributed by atoms with Crippen LogP contribution in [0.1, 0.15) is 34.8 Å². The quantitative estimate of drug-likeness (QED) is 0.843. The lowest BCUT2D eigenvalue weighted by molar-refractivity contribution is 0.704. The number of nitrogens with two attached hydrogens (primary N) is 1. The molecule has 2 N–H and O–H groups in total. The summed E-state index contributed by atoms with van der Waals surface area (Å²) in [4.78, 5) is 0. The van der Waals surface area contributed by atoms with Crippen LogP contribution in [0.4, 0.5) is 5.13 Å². The minimum absolute atomic E-state index is 0.547. The molecule has 0 amide bonds. The lowest BCUT2D eigenvalue weighted by atomic mass is 10.1. The predicted molar refractivity (Wildman–Crippen MR) is 75.7 cm³/mol. The second kappa shape index (κ2) is 5.44. The molecule has 0 saturated heterocycles. The van der Waals surface area contributed by atoms with Crippen molar-refractivity contribution in [2.24, 2.45) is 0 Å². The molecule has 5 nitrogen and oxygen atoms in total. The summed E-state index contributed by atoms with van der Waals surface area (Å²) in [5.41, 5.74) is 8.93. The molecule has 0 bridgehead atoms. The molecule has 3 rings (SSSR count). The molecule has 2 aromatic rings. The Bertz CT molecular complexity index is 605. The standard InChI is InChI=1S/C13H15N5S/c14-13-18-17-12(19-13)7-2-1-5-10-8-9-4-3-6-11(9)16-15-10/h3-4,8H,1-2,5-7H2,(H2,14,18). The smallest absolute Gasteiger partial charge is 0.203 e. The molecule has 0 saturated carbocycles. The normalized spacial score (nSPS) is 12.8. The van der Waals surface area contributed by atoms with E-state index in [2.05, 4.69) is 38.6 Å². The molecule has 0 spiro atoms. The Balaban J connectivity index is 1.48. The van der Waals surface area contributed by atoms with Gasteiger partial charge < -0.3 is 5.73 Å². The number of nitrogen functional groups attached to an aromatic ring is 1. The van der Waals surface area contributed by atoms with Crippen molar-refractivity contribution in [1.29, 1.82) is 0 Å². The lowest BCUT2D eigenvalue weighted by Crippen LogP contribution is -1.98. The topological polar surface area (TPSA) is 77.6 Å². The summed E-state index contributed by atoms with van der Waals surface area (Å²) in [6, 6.07) is 2.15. The largest absolute Gasteiger partial charge is 0.374 e. The number of unbranched alkanes of at least 4 members (excludes halogenated alkanes) is 1. The second-order valence-electron chi connectivity index (χ2n) is 4.59. The number of aromatic nitrogens is 4. The highest BCUT2D eigenvalue weighted by Gasteiger charge is 2.08. The van der Waals surface area contributed by atoms with Crippen molar-refractivity contribution in [3.05, 3.63) is 34.1 Å². The van der Waals surface area contributed by atoms with Gasteiger partial charge in [0.05, 0.1) is 11.4 Å². The molecule has 0 aliphatic heterocycles. The average molecular weight is 273 g/mol. The van der Waals surface area contributed by atoms with Gasteiger partial charge in [0.1, 0.15) is 5.01 Å². The van der Waals surface area contributed by atoms with Gasteiger partial charge in [-0.15, -0.1) is 10.2 Å². The molecule has 1 aliphatic carbocycles. The van der Waals surface area contributed by atoms with Crippen molar-refractivity contribution in [1.82, 2.24) is 20.4 Å². The van der Waals surface area contributed by atoms with Gasteiger partial charge in [0.2, 0.25) is 5.13 Å². The molecular weight excluding hydrogens is 258 g/mol. The highest BCUT2D eigenvalue weighted by atomic mass is 32.1. The Morgan fingerprint density at radius 2 is 2.00 bits per heavy atom. The first-order valence-electron chi connectivity index (χ1n) is 6.41. The second-order valence-corrected chi connectivity index (χ2v) is 5.68. The highest BCUT2D eigenvalue weighted by Crippen LogP contribution is 2.18. The van der Waals surface area contributed by atoms with Crippen LogP contribution in [0.25, 0.3) is 6.08 Å². The monoisotopic (exact) mass is 273 g/mol. The van der Waals surface area contributed by atoms with E-state index in [4.69, 9.17) is 5.73 Å². The van der Waals surface area contributed by atoms with Crippen LogP contribution >= 0.6 is 11.3 Å². The van der Waals surface area contributed by atoms with Crippen LogP contribution in [0.15, 0.2) is 12.1 Å². The highest BCUT2D eigenvalue weighted by molar-refractivity contribution is 7.15. The van der Waals surface area contributed by atoms with E-state index in [-0.39, 0.29) is 0 Å². The van der Waals surface area contributed by atoms with Crippen LogP contribution in [0, 0.1) is 0 Å². The molecule has 0 fully saturated rings.